The van der Waals surface area contributed by atoms with Gasteiger partial charge in [0.05, 0.1) is 42.0 Å². The molecule has 1 amide bonds. The second kappa shape index (κ2) is 8.40. The molecule has 0 spiro atoms. The number of carbonyl (C=O) groups is 1. The quantitative estimate of drug-likeness (QED) is 0.487. The van der Waals surface area contributed by atoms with Crippen LogP contribution in [0.5, 0.6) is 0 Å². The van der Waals surface area contributed by atoms with Gasteiger partial charge in [0.15, 0.2) is 5.65 Å². The van der Waals surface area contributed by atoms with Gasteiger partial charge < -0.3 is 10.6 Å². The highest BCUT2D eigenvalue weighted by Crippen LogP contribution is 2.30. The normalized spacial score (nSPS) is 16.9. The fourth-order valence-electron chi connectivity index (χ4n) is 3.98. The number of nitrogens with two attached hydrogens (primary N) is 1. The minimum Gasteiger partial charge on any atom is -0.365 e. The van der Waals surface area contributed by atoms with E-state index < -0.39 is 5.91 Å². The Kier molecular flexibility index (Phi) is 5.25. The summed E-state index contributed by atoms with van der Waals surface area (Å²) < 4.78 is 3.42. The molecule has 1 atom stereocenters. The van der Waals surface area contributed by atoms with Crippen LogP contribution in [0.3, 0.4) is 0 Å². The van der Waals surface area contributed by atoms with Gasteiger partial charge in [-0.05, 0) is 19.1 Å². The van der Waals surface area contributed by atoms with Crippen LogP contribution in [0.1, 0.15) is 29.8 Å². The molecule has 170 valence electrons. The van der Waals surface area contributed by atoms with E-state index in [1.54, 1.807) is 29.2 Å². The van der Waals surface area contributed by atoms with E-state index in [0.717, 1.165) is 23.6 Å². The Bertz CT molecular complexity index is 1460. The first-order valence-electron chi connectivity index (χ1n) is 10.9. The van der Waals surface area contributed by atoms with Crippen LogP contribution in [0, 0.1) is 17.2 Å². The molecule has 0 radical (unpaired) electrons. The molecule has 0 aliphatic carbocycles. The first-order chi connectivity index (χ1) is 16.5. The molecule has 5 rings (SSSR count). The van der Waals surface area contributed by atoms with E-state index in [1.807, 2.05) is 23.9 Å². The molecule has 1 saturated heterocycles. The number of aryl methyl sites for hydroxylation is 1. The van der Waals surface area contributed by atoms with Crippen molar-refractivity contribution in [3.63, 3.8) is 0 Å². The predicted octanol–water partition coefficient (Wildman–Crippen LogP) is 2.21. The van der Waals surface area contributed by atoms with Gasteiger partial charge in [0.1, 0.15) is 17.6 Å². The number of primary amides is 1. The number of nitrogens with zero attached hydrogens (tertiary/aromatic N) is 9. The molecule has 4 aromatic rings. The molecule has 11 heteroatoms. The van der Waals surface area contributed by atoms with Crippen molar-refractivity contribution < 1.29 is 4.79 Å². The molecule has 5 heterocycles. The summed E-state index contributed by atoms with van der Waals surface area (Å²) >= 11 is 0. The molecular weight excluding hydrogens is 432 g/mol. The molecular formula is C23H22N10O. The van der Waals surface area contributed by atoms with E-state index in [1.165, 1.54) is 6.20 Å². The largest absolute Gasteiger partial charge is 0.365 e. The summed E-state index contributed by atoms with van der Waals surface area (Å²) in [6, 6.07) is 5.65. The highest BCUT2D eigenvalue weighted by atomic mass is 16.1. The van der Waals surface area contributed by atoms with E-state index in [4.69, 9.17) is 21.0 Å². The van der Waals surface area contributed by atoms with Gasteiger partial charge in [-0.1, -0.05) is 6.92 Å². The van der Waals surface area contributed by atoms with Crippen molar-refractivity contribution in [1.29, 1.82) is 5.26 Å². The number of hydrogen-bond donors (Lipinski definition) is 1. The minimum absolute atomic E-state index is 0.114. The van der Waals surface area contributed by atoms with Gasteiger partial charge in [-0.3, -0.25) is 14.5 Å². The topological polar surface area (TPSA) is 143 Å². The highest BCUT2D eigenvalue weighted by Gasteiger charge is 2.28. The van der Waals surface area contributed by atoms with Crippen LogP contribution in [0.4, 0.5) is 11.5 Å². The van der Waals surface area contributed by atoms with Crippen LogP contribution in [-0.4, -0.2) is 54.1 Å². The number of hydrogen-bond acceptors (Lipinski definition) is 8. The molecule has 34 heavy (non-hydrogen) atoms. The van der Waals surface area contributed by atoms with Crippen LogP contribution in [0.2, 0.25) is 0 Å². The monoisotopic (exact) mass is 454 g/mol. The third-order valence-electron chi connectivity index (χ3n) is 5.86. The summed E-state index contributed by atoms with van der Waals surface area (Å²) in [4.78, 5) is 28.3. The van der Waals surface area contributed by atoms with E-state index in [-0.39, 0.29) is 11.5 Å². The van der Waals surface area contributed by atoms with Gasteiger partial charge in [0.2, 0.25) is 0 Å². The number of aromatic nitrogens is 6. The highest BCUT2D eigenvalue weighted by molar-refractivity contribution is 6.04. The zero-order valence-corrected chi connectivity index (χ0v) is 18.8. The average molecular weight is 454 g/mol. The van der Waals surface area contributed by atoms with Crippen molar-refractivity contribution in [2.24, 2.45) is 16.6 Å². The van der Waals surface area contributed by atoms with Crippen molar-refractivity contribution in [2.75, 3.05) is 18.0 Å². The summed E-state index contributed by atoms with van der Waals surface area (Å²) in [5.41, 5.74) is 9.63. The van der Waals surface area contributed by atoms with Crippen molar-refractivity contribution in [2.45, 2.75) is 20.4 Å². The fraction of sp³-hybridized carbons (Fsp3) is 0.261. The van der Waals surface area contributed by atoms with E-state index in [9.17, 15) is 4.79 Å². The number of amides is 1. The van der Waals surface area contributed by atoms with Crippen LogP contribution < -0.4 is 10.6 Å². The maximum atomic E-state index is 12.2. The van der Waals surface area contributed by atoms with E-state index in [2.05, 4.69) is 33.1 Å². The van der Waals surface area contributed by atoms with Gasteiger partial charge in [0.25, 0.3) is 5.91 Å². The maximum absolute atomic E-state index is 12.2. The Morgan fingerprint density at radius 3 is 2.79 bits per heavy atom. The Morgan fingerprint density at radius 2 is 2.12 bits per heavy atom. The summed E-state index contributed by atoms with van der Waals surface area (Å²) in [7, 11) is 0. The molecule has 1 aliphatic rings. The Morgan fingerprint density at radius 1 is 1.26 bits per heavy atom. The maximum Gasteiger partial charge on any atom is 0.252 e. The van der Waals surface area contributed by atoms with E-state index in [0.29, 0.717) is 35.7 Å². The van der Waals surface area contributed by atoms with Crippen molar-refractivity contribution >= 4 is 28.8 Å². The van der Waals surface area contributed by atoms with Crippen LogP contribution >= 0.6 is 0 Å². The number of aliphatic imine (C=N–C) groups is 1. The lowest BCUT2D eigenvalue weighted by molar-refractivity contribution is 0.100. The SMILES string of the molecule is CCn1cc(-c2cn3ncc(C(N)=O)c(N=C4CN(c5ccc(C#N)cn5)C[C@@H]4C)c3n2)cn1. The standard InChI is InChI=1S/C23H22N10O/c1-3-32-11-16(8-27-32)19-13-33-23(30-19)21(17(9-28-33)22(25)34)29-18-12-31(10-14(18)2)20-5-4-15(6-24)7-26-20/h4-5,7-9,11,13-14H,3,10,12H2,1-2H3,(H2,25,34)/t14-/m0/s1. The second-order valence-electron chi connectivity index (χ2n) is 8.15. The number of rotatable bonds is 5. The van der Waals surface area contributed by atoms with E-state index >= 15 is 0 Å². The molecule has 1 fully saturated rings. The second-order valence-corrected chi connectivity index (χ2v) is 8.15. The first kappa shape index (κ1) is 21.3. The summed E-state index contributed by atoms with van der Waals surface area (Å²) in [5, 5.41) is 17.6. The predicted molar refractivity (Wildman–Crippen MR) is 126 cm³/mol. The Balaban J connectivity index is 1.55. The third-order valence-corrected chi connectivity index (χ3v) is 5.86. The summed E-state index contributed by atoms with van der Waals surface area (Å²) in [5.74, 6) is 0.264. The lowest BCUT2D eigenvalue weighted by atomic mass is 10.1. The van der Waals surface area contributed by atoms with Crippen molar-refractivity contribution in [3.8, 4) is 17.3 Å². The molecule has 4 aromatic heterocycles. The molecule has 0 bridgehead atoms. The fourth-order valence-corrected chi connectivity index (χ4v) is 3.98. The number of anilines is 1. The Labute approximate surface area is 195 Å². The zero-order chi connectivity index (χ0) is 23.8. The first-order valence-corrected chi connectivity index (χ1v) is 10.9. The average Bonchev–Trinajstić information content (AvgIpc) is 3.57. The lowest BCUT2D eigenvalue weighted by Crippen LogP contribution is -2.21. The smallest absolute Gasteiger partial charge is 0.252 e. The van der Waals surface area contributed by atoms with Crippen LogP contribution in [-0.2, 0) is 6.54 Å². The van der Waals surface area contributed by atoms with Crippen molar-refractivity contribution in [1.82, 2.24) is 29.4 Å². The van der Waals surface area contributed by atoms with Gasteiger partial charge >= 0.3 is 0 Å². The number of carbonyl (C=O) groups excluding carboxylic acids is 1. The van der Waals surface area contributed by atoms with Crippen molar-refractivity contribution in [3.05, 3.63) is 54.2 Å². The summed E-state index contributed by atoms with van der Waals surface area (Å²) in [6.45, 7) is 6.07. The number of pyridine rings is 1. The number of imidazole rings is 1. The number of fused-ring (bicyclic) bond motifs is 1. The van der Waals surface area contributed by atoms with Gasteiger partial charge in [-0.2, -0.15) is 15.5 Å². The third kappa shape index (κ3) is 3.75. The molecule has 11 nitrogen and oxygen atoms in total. The van der Waals surface area contributed by atoms with Gasteiger partial charge in [-0.25, -0.2) is 14.5 Å². The molecule has 2 N–H and O–H groups in total. The van der Waals surface area contributed by atoms with Crippen LogP contribution in [0.15, 0.2) is 48.1 Å². The molecule has 0 unspecified atom stereocenters. The minimum atomic E-state index is -0.617. The zero-order valence-electron chi connectivity index (χ0n) is 18.8. The molecule has 0 aromatic carbocycles. The number of nitriles is 1. The Hall–Kier alpha value is -4.59. The summed E-state index contributed by atoms with van der Waals surface area (Å²) in [6.07, 6.45) is 8.41. The lowest BCUT2D eigenvalue weighted by Gasteiger charge is -2.15. The van der Waals surface area contributed by atoms with Gasteiger partial charge in [-0.15, -0.1) is 0 Å². The molecule has 1 aliphatic heterocycles. The molecule has 0 saturated carbocycles. The van der Waals surface area contributed by atoms with Crippen LogP contribution in [0.25, 0.3) is 16.9 Å². The van der Waals surface area contributed by atoms with Gasteiger partial charge in [0, 0.05) is 42.7 Å².